The number of carbonyl (C=O) groups is 2. The number of primary amides is 1. The molecule has 1 heterocycles. The van der Waals surface area contributed by atoms with Crippen LogP contribution in [0.15, 0.2) is 12.1 Å². The SMILES string of the molecule is CCN(CC(=O)NC)c1nc(C(N)=O)ccc1N. The molecule has 2 amide bonds. The smallest absolute Gasteiger partial charge is 0.267 e. The van der Waals surface area contributed by atoms with E-state index in [0.717, 1.165) is 0 Å². The number of nitrogens with two attached hydrogens (primary N) is 2. The third-order valence-corrected chi connectivity index (χ3v) is 2.45. The molecule has 5 N–H and O–H groups in total. The second kappa shape index (κ2) is 5.85. The number of aromatic nitrogens is 1. The summed E-state index contributed by atoms with van der Waals surface area (Å²) in [6.07, 6.45) is 0. The predicted octanol–water partition coefficient (Wildman–Crippen LogP) is -0.665. The molecule has 7 nitrogen and oxygen atoms in total. The molecule has 0 aliphatic carbocycles. The van der Waals surface area contributed by atoms with Crippen molar-refractivity contribution in [3.63, 3.8) is 0 Å². The van der Waals surface area contributed by atoms with Gasteiger partial charge in [0.15, 0.2) is 5.82 Å². The van der Waals surface area contributed by atoms with E-state index in [9.17, 15) is 9.59 Å². The fourth-order valence-electron chi connectivity index (χ4n) is 1.44. The highest BCUT2D eigenvalue weighted by molar-refractivity contribution is 5.92. The Morgan fingerprint density at radius 3 is 2.61 bits per heavy atom. The van der Waals surface area contributed by atoms with Crippen LogP contribution in [0, 0.1) is 0 Å². The van der Waals surface area contributed by atoms with Crippen molar-refractivity contribution in [3.8, 4) is 0 Å². The van der Waals surface area contributed by atoms with E-state index in [0.29, 0.717) is 18.1 Å². The van der Waals surface area contributed by atoms with Crippen molar-refractivity contribution in [1.29, 1.82) is 0 Å². The molecule has 98 valence electrons. The normalized spacial score (nSPS) is 9.89. The van der Waals surface area contributed by atoms with E-state index in [1.807, 2.05) is 6.92 Å². The molecule has 0 aliphatic heterocycles. The molecule has 18 heavy (non-hydrogen) atoms. The Bertz CT molecular complexity index is 461. The van der Waals surface area contributed by atoms with Crippen molar-refractivity contribution in [1.82, 2.24) is 10.3 Å². The van der Waals surface area contributed by atoms with E-state index in [1.165, 1.54) is 6.07 Å². The molecule has 0 aliphatic rings. The first-order valence-electron chi connectivity index (χ1n) is 5.51. The van der Waals surface area contributed by atoms with Crippen LogP contribution in [0.4, 0.5) is 11.5 Å². The van der Waals surface area contributed by atoms with Crippen LogP contribution in [0.3, 0.4) is 0 Å². The first-order chi connectivity index (χ1) is 8.49. The molecule has 0 saturated carbocycles. The van der Waals surface area contributed by atoms with Crippen LogP contribution in [0.1, 0.15) is 17.4 Å². The summed E-state index contributed by atoms with van der Waals surface area (Å²) in [5.74, 6) is -0.410. The van der Waals surface area contributed by atoms with Crippen molar-refractivity contribution >= 4 is 23.3 Å². The summed E-state index contributed by atoms with van der Waals surface area (Å²) in [5.41, 5.74) is 11.5. The predicted molar refractivity (Wildman–Crippen MR) is 69.1 cm³/mol. The molecular weight excluding hydrogens is 234 g/mol. The van der Waals surface area contributed by atoms with Crippen LogP contribution in [-0.4, -0.2) is 36.9 Å². The van der Waals surface area contributed by atoms with E-state index in [-0.39, 0.29) is 18.1 Å². The second-order valence-corrected chi connectivity index (χ2v) is 3.66. The molecule has 7 heteroatoms. The summed E-state index contributed by atoms with van der Waals surface area (Å²) >= 11 is 0. The standard InChI is InChI=1S/C11H17N5O2/c1-3-16(6-9(17)14-2)11-7(12)4-5-8(15-11)10(13)18/h4-5H,3,6,12H2,1-2H3,(H2,13,18)(H,14,17). The molecule has 0 bridgehead atoms. The van der Waals surface area contributed by atoms with Gasteiger partial charge in [0.2, 0.25) is 5.91 Å². The van der Waals surface area contributed by atoms with Crippen molar-refractivity contribution < 1.29 is 9.59 Å². The second-order valence-electron chi connectivity index (χ2n) is 3.66. The third-order valence-electron chi connectivity index (χ3n) is 2.45. The molecule has 0 unspecified atom stereocenters. The van der Waals surface area contributed by atoms with E-state index >= 15 is 0 Å². The van der Waals surface area contributed by atoms with Gasteiger partial charge < -0.3 is 21.7 Å². The number of pyridine rings is 1. The molecule has 1 aromatic heterocycles. The minimum Gasteiger partial charge on any atom is -0.396 e. The molecule has 0 aromatic carbocycles. The molecule has 1 rings (SSSR count). The van der Waals surface area contributed by atoms with Crippen molar-refractivity contribution in [2.45, 2.75) is 6.92 Å². The Morgan fingerprint density at radius 1 is 1.44 bits per heavy atom. The lowest BCUT2D eigenvalue weighted by atomic mass is 10.3. The maximum Gasteiger partial charge on any atom is 0.267 e. The van der Waals surface area contributed by atoms with Gasteiger partial charge in [-0.3, -0.25) is 9.59 Å². The first-order valence-corrected chi connectivity index (χ1v) is 5.51. The van der Waals surface area contributed by atoms with Crippen molar-refractivity contribution in [3.05, 3.63) is 17.8 Å². The number of carbonyl (C=O) groups excluding carboxylic acids is 2. The van der Waals surface area contributed by atoms with Crippen molar-refractivity contribution in [2.24, 2.45) is 5.73 Å². The number of amides is 2. The van der Waals surface area contributed by atoms with E-state index < -0.39 is 5.91 Å². The molecular formula is C11H17N5O2. The molecule has 0 atom stereocenters. The Balaban J connectivity index is 3.07. The molecule has 1 aromatic rings. The van der Waals surface area contributed by atoms with Gasteiger partial charge in [-0.15, -0.1) is 0 Å². The number of nitrogens with zero attached hydrogens (tertiary/aromatic N) is 2. The van der Waals surface area contributed by atoms with Gasteiger partial charge in [0.25, 0.3) is 5.91 Å². The highest BCUT2D eigenvalue weighted by Crippen LogP contribution is 2.20. The number of hydrogen-bond acceptors (Lipinski definition) is 5. The Kier molecular flexibility index (Phi) is 4.47. The Labute approximate surface area is 105 Å². The highest BCUT2D eigenvalue weighted by Gasteiger charge is 2.15. The number of rotatable bonds is 5. The zero-order valence-electron chi connectivity index (χ0n) is 10.4. The van der Waals surface area contributed by atoms with Gasteiger partial charge in [0, 0.05) is 13.6 Å². The molecule has 0 spiro atoms. The van der Waals surface area contributed by atoms with Gasteiger partial charge in [-0.25, -0.2) is 4.98 Å². The maximum atomic E-state index is 11.4. The van der Waals surface area contributed by atoms with E-state index in [4.69, 9.17) is 11.5 Å². The van der Waals surface area contributed by atoms with Crippen LogP contribution in [0.5, 0.6) is 0 Å². The lowest BCUT2D eigenvalue weighted by molar-refractivity contribution is -0.119. The number of anilines is 2. The summed E-state index contributed by atoms with van der Waals surface area (Å²) < 4.78 is 0. The zero-order chi connectivity index (χ0) is 13.7. The monoisotopic (exact) mass is 251 g/mol. The summed E-state index contributed by atoms with van der Waals surface area (Å²) in [5, 5.41) is 2.52. The topological polar surface area (TPSA) is 114 Å². The fourth-order valence-corrected chi connectivity index (χ4v) is 1.44. The van der Waals surface area contributed by atoms with Crippen LogP contribution in [0.2, 0.25) is 0 Å². The Morgan fingerprint density at radius 2 is 2.11 bits per heavy atom. The van der Waals surface area contributed by atoms with E-state index in [1.54, 1.807) is 18.0 Å². The highest BCUT2D eigenvalue weighted by atomic mass is 16.2. The largest absolute Gasteiger partial charge is 0.396 e. The minimum absolute atomic E-state index is 0.117. The lowest BCUT2D eigenvalue weighted by Crippen LogP contribution is -2.36. The van der Waals surface area contributed by atoms with Gasteiger partial charge in [-0.2, -0.15) is 0 Å². The number of hydrogen-bond donors (Lipinski definition) is 3. The molecule has 0 fully saturated rings. The van der Waals surface area contributed by atoms with Gasteiger partial charge >= 0.3 is 0 Å². The van der Waals surface area contributed by atoms with Crippen molar-refractivity contribution in [2.75, 3.05) is 30.8 Å². The van der Waals surface area contributed by atoms with Crippen LogP contribution in [0.25, 0.3) is 0 Å². The van der Waals surface area contributed by atoms with Gasteiger partial charge in [0.1, 0.15) is 5.69 Å². The minimum atomic E-state index is -0.632. The summed E-state index contributed by atoms with van der Waals surface area (Å²) in [6.45, 7) is 2.51. The van der Waals surface area contributed by atoms with Gasteiger partial charge in [-0.05, 0) is 19.1 Å². The molecule has 0 saturated heterocycles. The number of nitrogen functional groups attached to an aromatic ring is 1. The summed E-state index contributed by atoms with van der Waals surface area (Å²) in [7, 11) is 1.55. The Hall–Kier alpha value is -2.31. The quantitative estimate of drug-likeness (QED) is 0.642. The van der Waals surface area contributed by atoms with Gasteiger partial charge in [0.05, 0.1) is 12.2 Å². The number of nitrogens with one attached hydrogen (secondary N) is 1. The molecule has 0 radical (unpaired) electrons. The lowest BCUT2D eigenvalue weighted by Gasteiger charge is -2.22. The zero-order valence-corrected chi connectivity index (χ0v) is 10.4. The van der Waals surface area contributed by atoms with Crippen LogP contribution >= 0.6 is 0 Å². The summed E-state index contributed by atoms with van der Waals surface area (Å²) in [6, 6.07) is 3.00. The average molecular weight is 251 g/mol. The number of likely N-dealkylation sites (N-methyl/N-ethyl adjacent to an activating group) is 2. The van der Waals surface area contributed by atoms with Crippen LogP contribution in [-0.2, 0) is 4.79 Å². The first kappa shape index (κ1) is 13.8. The van der Waals surface area contributed by atoms with Crippen LogP contribution < -0.4 is 21.7 Å². The maximum absolute atomic E-state index is 11.4. The van der Waals surface area contributed by atoms with E-state index in [2.05, 4.69) is 10.3 Å². The average Bonchev–Trinajstić information content (AvgIpc) is 2.36. The van der Waals surface area contributed by atoms with Gasteiger partial charge in [-0.1, -0.05) is 0 Å². The summed E-state index contributed by atoms with van der Waals surface area (Å²) in [4.78, 5) is 28.2. The fraction of sp³-hybridized carbons (Fsp3) is 0.364. The third kappa shape index (κ3) is 3.09.